The molecule has 5 amide bonds. The minimum atomic E-state index is -1.66. The number of hydrogen-bond donors (Lipinski definition) is 4. The van der Waals surface area contributed by atoms with Crippen LogP contribution in [0.5, 0.6) is 11.5 Å². The Bertz CT molecular complexity index is 2050. The number of nitrogens with one attached hydrogen (secondary N) is 3. The number of benzene rings is 2. The van der Waals surface area contributed by atoms with Gasteiger partial charge in [-0.15, -0.1) is 0 Å². The lowest BCUT2D eigenvalue weighted by Crippen LogP contribution is -2.59. The zero-order chi connectivity index (χ0) is 49.7. The molecular weight excluding hydrogens is 867 g/mol. The Labute approximate surface area is 393 Å². The Morgan fingerprint density at radius 1 is 0.881 bits per heavy atom. The Balaban J connectivity index is 1.83. The molecule has 0 radical (unpaired) electrons. The van der Waals surface area contributed by atoms with Crippen LogP contribution < -0.4 is 25.4 Å². The number of ether oxygens (including phenoxy) is 4. The number of likely N-dealkylation sites (N-methyl/N-ethyl adjacent to an activating group) is 1. The van der Waals surface area contributed by atoms with Gasteiger partial charge in [-0.3, -0.25) is 28.8 Å². The van der Waals surface area contributed by atoms with E-state index in [0.29, 0.717) is 24.2 Å². The summed E-state index contributed by atoms with van der Waals surface area (Å²) in [4.78, 5) is 115. The summed E-state index contributed by atoms with van der Waals surface area (Å²) < 4.78 is 22.4. The fraction of sp³-hybridized carbons (Fsp3) is 0.592. The fourth-order valence-corrected chi connectivity index (χ4v) is 8.22. The Morgan fingerprint density at radius 2 is 1.54 bits per heavy atom. The molecule has 18 heteroatoms. The van der Waals surface area contributed by atoms with Crippen LogP contribution in [-0.4, -0.2) is 132 Å². The van der Waals surface area contributed by atoms with Crippen LogP contribution >= 0.6 is 0 Å². The van der Waals surface area contributed by atoms with Gasteiger partial charge in [-0.05, 0) is 80.7 Å². The summed E-state index contributed by atoms with van der Waals surface area (Å²) in [5.74, 6) is -7.38. The average molecular weight is 936 g/mol. The number of cyclic esters (lactones) is 2. The third-order valence-corrected chi connectivity index (χ3v) is 12.4. The SMILES string of the molecule is CC[C@H](C)[C@H]1NC(=O)[C@@H](NC(=O)Oc2ccccc2)[C@H](C)OC(=O)[C@H](Cc2ccc(OC)cc2)N(C)C(=O)[C@@H]2CCCN2C(=O)[C@@H](CC(C)C)NC(=O)[C@@H](C)C(=O)[C@@H](C(C)C)OC(=O)C[C@H]1O. The van der Waals surface area contributed by atoms with Crippen LogP contribution in [0.25, 0.3) is 0 Å². The van der Waals surface area contributed by atoms with E-state index < -0.39 is 120 Å². The smallest absolute Gasteiger partial charge is 0.413 e. The van der Waals surface area contributed by atoms with E-state index in [2.05, 4.69) is 16.0 Å². The molecule has 4 N–H and O–H groups in total. The summed E-state index contributed by atoms with van der Waals surface area (Å²) in [5, 5.41) is 19.5. The van der Waals surface area contributed by atoms with Gasteiger partial charge in [0.05, 0.1) is 31.6 Å². The van der Waals surface area contributed by atoms with Crippen molar-refractivity contribution in [2.75, 3.05) is 20.7 Å². The molecule has 18 nitrogen and oxygen atoms in total. The standard InChI is InChI=1S/C49H69N5O13/c1-11-29(6)40-38(55)26-39(56)67-43(28(4)5)42(57)30(7)44(58)50-35(24-27(2)3)46(60)54-23-15-18-36(54)47(61)53(9)37(25-32-19-21-33(64-10)22-20-32)48(62)65-31(8)41(45(59)51-40)52-49(63)66-34-16-13-12-14-17-34/h12-14,16-17,19-22,27-31,35-38,40-41,43,55H,11,15,18,23-26H2,1-10H3,(H,50,58)(H,51,59)(H,52,63)/t29-,30-,31-,35+,36-,37-,38+,40+,41-,43+/m0/s1. The van der Waals surface area contributed by atoms with Gasteiger partial charge in [0, 0.05) is 20.0 Å². The van der Waals surface area contributed by atoms with Gasteiger partial charge in [-0.2, -0.15) is 0 Å². The number of fused-ring (bicyclic) bond motifs is 1. The summed E-state index contributed by atoms with van der Waals surface area (Å²) in [7, 11) is 2.92. The van der Waals surface area contributed by atoms with Gasteiger partial charge in [0.25, 0.3) is 0 Å². The maximum Gasteiger partial charge on any atom is 0.413 e. The molecule has 0 aromatic heterocycles. The first-order chi connectivity index (χ1) is 31.7. The lowest BCUT2D eigenvalue weighted by Gasteiger charge is -2.35. The minimum absolute atomic E-state index is 0.0769. The number of esters is 2. The molecule has 0 saturated carbocycles. The summed E-state index contributed by atoms with van der Waals surface area (Å²) >= 11 is 0. The van der Waals surface area contributed by atoms with Gasteiger partial charge in [0.15, 0.2) is 11.9 Å². The van der Waals surface area contributed by atoms with Gasteiger partial charge >= 0.3 is 18.0 Å². The van der Waals surface area contributed by atoms with Crippen molar-refractivity contribution in [3.8, 4) is 11.5 Å². The molecule has 2 heterocycles. The molecule has 0 bridgehead atoms. The highest BCUT2D eigenvalue weighted by Gasteiger charge is 2.44. The number of ketones is 1. The van der Waals surface area contributed by atoms with Crippen molar-refractivity contribution in [3.05, 3.63) is 60.2 Å². The molecule has 368 valence electrons. The van der Waals surface area contributed by atoms with Gasteiger partial charge in [0.1, 0.15) is 41.8 Å². The van der Waals surface area contributed by atoms with Crippen molar-refractivity contribution >= 4 is 47.4 Å². The molecule has 2 fully saturated rings. The third kappa shape index (κ3) is 14.5. The van der Waals surface area contributed by atoms with Crippen molar-refractivity contribution in [1.82, 2.24) is 25.8 Å². The highest BCUT2D eigenvalue weighted by atomic mass is 16.6. The topological polar surface area (TPSA) is 236 Å². The number of nitrogens with zero attached hydrogens (tertiary/aromatic N) is 2. The first-order valence-corrected chi connectivity index (χ1v) is 23.1. The normalized spacial score (nSPS) is 27.1. The van der Waals surface area contributed by atoms with Crippen molar-refractivity contribution in [2.24, 2.45) is 23.7 Å². The van der Waals surface area contributed by atoms with E-state index in [-0.39, 0.29) is 37.5 Å². The summed E-state index contributed by atoms with van der Waals surface area (Å²) in [5.41, 5.74) is 0.609. The number of Topliss-reactive ketones (excluding diaryl/α,β-unsaturated/α-hetero) is 1. The van der Waals surface area contributed by atoms with Crippen molar-refractivity contribution in [1.29, 1.82) is 0 Å². The van der Waals surface area contributed by atoms with Gasteiger partial charge in [-0.25, -0.2) is 9.59 Å². The number of rotatable bonds is 10. The second-order valence-electron chi connectivity index (χ2n) is 18.3. The molecule has 67 heavy (non-hydrogen) atoms. The Morgan fingerprint density at radius 3 is 2.13 bits per heavy atom. The zero-order valence-electron chi connectivity index (χ0n) is 40.3. The Hall–Kier alpha value is -6.04. The summed E-state index contributed by atoms with van der Waals surface area (Å²) in [6.45, 7) is 13.4. The van der Waals surface area contributed by atoms with Crippen molar-refractivity contribution in [2.45, 2.75) is 142 Å². The van der Waals surface area contributed by atoms with Crippen molar-refractivity contribution in [3.63, 3.8) is 0 Å². The van der Waals surface area contributed by atoms with Gasteiger partial charge in [0.2, 0.25) is 23.6 Å². The van der Waals surface area contributed by atoms with E-state index in [1.807, 2.05) is 13.8 Å². The van der Waals surface area contributed by atoms with Crippen LogP contribution in [-0.2, 0) is 49.5 Å². The molecule has 4 rings (SSSR count). The third-order valence-electron chi connectivity index (χ3n) is 12.4. The molecule has 2 aromatic carbocycles. The number of hydrogen-bond acceptors (Lipinski definition) is 13. The van der Waals surface area contributed by atoms with E-state index in [0.717, 1.165) is 0 Å². The van der Waals surface area contributed by atoms with Crippen LogP contribution in [0.15, 0.2) is 54.6 Å². The number of aliphatic hydroxyl groups is 1. The van der Waals surface area contributed by atoms with Gasteiger partial charge < -0.3 is 49.8 Å². The van der Waals surface area contributed by atoms with Gasteiger partial charge in [-0.1, -0.05) is 78.3 Å². The van der Waals surface area contributed by atoms with Crippen LogP contribution in [0.2, 0.25) is 0 Å². The number of para-hydroxylation sites is 1. The van der Waals surface area contributed by atoms with Crippen LogP contribution in [0.4, 0.5) is 4.79 Å². The highest BCUT2D eigenvalue weighted by Crippen LogP contribution is 2.26. The molecule has 0 aliphatic carbocycles. The largest absolute Gasteiger partial charge is 0.497 e. The highest BCUT2D eigenvalue weighted by molar-refractivity contribution is 6.05. The summed E-state index contributed by atoms with van der Waals surface area (Å²) in [6.07, 6.45) is -5.02. The maximum atomic E-state index is 14.7. The number of carbonyl (C=O) groups excluding carboxylic acids is 8. The predicted octanol–water partition coefficient (Wildman–Crippen LogP) is 3.74. The molecule has 10 atom stereocenters. The first-order valence-electron chi connectivity index (χ1n) is 23.1. The molecular formula is C49H69N5O13. The molecule has 2 aliphatic heterocycles. The van der Waals surface area contributed by atoms with E-state index in [1.54, 1.807) is 70.2 Å². The number of aliphatic hydroxyl groups excluding tert-OH is 1. The lowest BCUT2D eigenvalue weighted by atomic mass is 9.91. The lowest BCUT2D eigenvalue weighted by molar-refractivity contribution is -0.162. The number of carbonyl (C=O) groups is 8. The average Bonchev–Trinajstić information content (AvgIpc) is 3.79. The number of amides is 5. The van der Waals surface area contributed by atoms with Crippen LogP contribution in [0.3, 0.4) is 0 Å². The maximum absolute atomic E-state index is 14.7. The van der Waals surface area contributed by atoms with E-state index in [9.17, 15) is 43.5 Å². The van der Waals surface area contributed by atoms with Crippen LogP contribution in [0.1, 0.15) is 93.1 Å². The summed E-state index contributed by atoms with van der Waals surface area (Å²) in [6, 6.07) is 8.49. The quantitative estimate of drug-likeness (QED) is 0.197. The first kappa shape index (κ1) is 53.6. The molecule has 2 aliphatic rings. The zero-order valence-corrected chi connectivity index (χ0v) is 40.3. The van der Waals surface area contributed by atoms with Crippen LogP contribution in [0, 0.1) is 23.7 Å². The minimum Gasteiger partial charge on any atom is -0.497 e. The number of methoxy groups -OCH3 is 1. The molecule has 2 aromatic rings. The second-order valence-corrected chi connectivity index (χ2v) is 18.3. The predicted molar refractivity (Wildman–Crippen MR) is 245 cm³/mol. The fourth-order valence-electron chi connectivity index (χ4n) is 8.22. The van der Waals surface area contributed by atoms with Crippen molar-refractivity contribution < 1.29 is 62.4 Å². The molecule has 0 spiro atoms. The van der Waals surface area contributed by atoms with E-state index >= 15 is 0 Å². The van der Waals surface area contributed by atoms with E-state index in [1.165, 1.54) is 49.9 Å². The second kappa shape index (κ2) is 24.6. The van der Waals surface area contributed by atoms with E-state index in [4.69, 9.17) is 18.9 Å². The molecule has 0 unspecified atom stereocenters. The Kier molecular flexibility index (Phi) is 19.7. The molecule has 2 saturated heterocycles. The monoisotopic (exact) mass is 935 g/mol.